The van der Waals surface area contributed by atoms with Crippen molar-refractivity contribution in [3.05, 3.63) is 45.2 Å². The van der Waals surface area contributed by atoms with Gasteiger partial charge in [-0.15, -0.1) is 0 Å². The standard InChI is InChI=1S/C16H18N2O3/c1-2-18-9-13(16(20)21)15(19)12-6-5-10-8-17-7-3-4-11(10)14(12)18/h5-6,9,17H,2-4,7-8H2,1H3,(H,20,21). The van der Waals surface area contributed by atoms with Crippen molar-refractivity contribution in [3.8, 4) is 0 Å². The lowest BCUT2D eigenvalue weighted by molar-refractivity contribution is 0.0695. The molecule has 1 aliphatic heterocycles. The number of carbonyl (C=O) groups is 1. The number of nitrogens with zero attached hydrogens (tertiary/aromatic N) is 1. The summed E-state index contributed by atoms with van der Waals surface area (Å²) in [6.07, 6.45) is 3.40. The Morgan fingerprint density at radius 3 is 2.95 bits per heavy atom. The number of pyridine rings is 1. The van der Waals surface area contributed by atoms with Gasteiger partial charge in [0.05, 0.1) is 5.52 Å². The molecular formula is C16H18N2O3. The van der Waals surface area contributed by atoms with E-state index >= 15 is 0 Å². The third-order valence-electron chi connectivity index (χ3n) is 4.11. The number of nitrogens with one attached hydrogen (secondary N) is 1. The Morgan fingerprint density at radius 1 is 1.43 bits per heavy atom. The van der Waals surface area contributed by atoms with Gasteiger partial charge in [0.1, 0.15) is 5.56 Å². The second-order valence-electron chi connectivity index (χ2n) is 5.34. The SMILES string of the molecule is CCn1cc(C(=O)O)c(=O)c2ccc3c(c21)CCCNC3. The van der Waals surface area contributed by atoms with Crippen LogP contribution in [0.5, 0.6) is 0 Å². The molecule has 1 aliphatic rings. The zero-order valence-electron chi connectivity index (χ0n) is 12.0. The first-order valence-corrected chi connectivity index (χ1v) is 7.25. The number of benzene rings is 1. The molecule has 0 atom stereocenters. The molecule has 110 valence electrons. The molecule has 0 saturated heterocycles. The van der Waals surface area contributed by atoms with Crippen molar-refractivity contribution in [1.82, 2.24) is 9.88 Å². The predicted molar refractivity (Wildman–Crippen MR) is 80.9 cm³/mol. The van der Waals surface area contributed by atoms with E-state index in [1.165, 1.54) is 17.3 Å². The highest BCUT2D eigenvalue weighted by atomic mass is 16.4. The average molecular weight is 286 g/mol. The van der Waals surface area contributed by atoms with Crippen molar-refractivity contribution >= 4 is 16.9 Å². The van der Waals surface area contributed by atoms with Gasteiger partial charge >= 0.3 is 5.97 Å². The van der Waals surface area contributed by atoms with E-state index in [0.717, 1.165) is 31.4 Å². The lowest BCUT2D eigenvalue weighted by atomic mass is 9.98. The number of rotatable bonds is 2. The molecule has 5 nitrogen and oxygen atoms in total. The Morgan fingerprint density at radius 2 is 2.24 bits per heavy atom. The van der Waals surface area contributed by atoms with E-state index in [9.17, 15) is 14.7 Å². The molecule has 2 heterocycles. The highest BCUT2D eigenvalue weighted by Crippen LogP contribution is 2.24. The van der Waals surface area contributed by atoms with Crippen LogP contribution < -0.4 is 10.7 Å². The largest absolute Gasteiger partial charge is 0.477 e. The van der Waals surface area contributed by atoms with E-state index in [-0.39, 0.29) is 11.0 Å². The first-order valence-electron chi connectivity index (χ1n) is 7.25. The maximum Gasteiger partial charge on any atom is 0.341 e. The highest BCUT2D eigenvalue weighted by Gasteiger charge is 2.18. The van der Waals surface area contributed by atoms with Crippen molar-refractivity contribution in [2.24, 2.45) is 0 Å². The molecule has 2 aromatic rings. The predicted octanol–water partition coefficient (Wildman–Crippen LogP) is 1.76. The number of carboxylic acids is 1. The van der Waals surface area contributed by atoms with E-state index in [2.05, 4.69) is 5.32 Å². The number of carboxylic acid groups (broad SMARTS) is 1. The van der Waals surface area contributed by atoms with Crippen LogP contribution in [-0.2, 0) is 19.5 Å². The van der Waals surface area contributed by atoms with Gasteiger partial charge in [-0.05, 0) is 43.5 Å². The lowest BCUT2D eigenvalue weighted by Crippen LogP contribution is -2.20. The summed E-state index contributed by atoms with van der Waals surface area (Å²) >= 11 is 0. The van der Waals surface area contributed by atoms with Crippen LogP contribution in [0.4, 0.5) is 0 Å². The molecule has 1 aromatic heterocycles. The summed E-state index contributed by atoms with van der Waals surface area (Å²) in [6.45, 7) is 4.36. The monoisotopic (exact) mass is 286 g/mol. The van der Waals surface area contributed by atoms with Gasteiger partial charge in [0.2, 0.25) is 5.43 Å². The van der Waals surface area contributed by atoms with Gasteiger partial charge in [-0.1, -0.05) is 6.07 Å². The van der Waals surface area contributed by atoms with Crippen molar-refractivity contribution in [2.45, 2.75) is 32.9 Å². The van der Waals surface area contributed by atoms with Gasteiger partial charge in [-0.2, -0.15) is 0 Å². The Balaban J connectivity index is 2.41. The second-order valence-corrected chi connectivity index (χ2v) is 5.34. The molecule has 21 heavy (non-hydrogen) atoms. The van der Waals surface area contributed by atoms with E-state index in [0.29, 0.717) is 11.9 Å². The van der Waals surface area contributed by atoms with Crippen molar-refractivity contribution in [2.75, 3.05) is 6.54 Å². The fourth-order valence-corrected chi connectivity index (χ4v) is 3.07. The number of aromatic carboxylic acids is 1. The van der Waals surface area contributed by atoms with Crippen molar-refractivity contribution in [1.29, 1.82) is 0 Å². The Kier molecular flexibility index (Phi) is 3.51. The summed E-state index contributed by atoms with van der Waals surface area (Å²) in [5.41, 5.74) is 2.73. The van der Waals surface area contributed by atoms with Crippen molar-refractivity contribution in [3.63, 3.8) is 0 Å². The molecule has 3 rings (SSSR count). The lowest BCUT2D eigenvalue weighted by Gasteiger charge is -2.16. The molecule has 0 spiro atoms. The molecule has 0 radical (unpaired) electrons. The van der Waals surface area contributed by atoms with Crippen LogP contribution in [0.25, 0.3) is 10.9 Å². The van der Waals surface area contributed by atoms with Gasteiger partial charge in [0, 0.05) is 24.7 Å². The maximum atomic E-state index is 12.4. The molecule has 2 N–H and O–H groups in total. The quantitative estimate of drug-likeness (QED) is 0.882. The summed E-state index contributed by atoms with van der Waals surface area (Å²) in [4.78, 5) is 23.7. The molecule has 5 heteroatoms. The number of aromatic nitrogens is 1. The van der Waals surface area contributed by atoms with Crippen LogP contribution in [0, 0.1) is 0 Å². The van der Waals surface area contributed by atoms with E-state index < -0.39 is 5.97 Å². The van der Waals surface area contributed by atoms with Gasteiger partial charge in [0.15, 0.2) is 0 Å². The minimum absolute atomic E-state index is 0.156. The van der Waals surface area contributed by atoms with Crippen LogP contribution in [0.1, 0.15) is 34.8 Å². The molecular weight excluding hydrogens is 268 g/mol. The molecule has 0 aliphatic carbocycles. The Labute approximate surface area is 122 Å². The number of fused-ring (bicyclic) bond motifs is 3. The summed E-state index contributed by atoms with van der Waals surface area (Å²) in [6, 6.07) is 3.71. The molecule has 0 saturated carbocycles. The minimum atomic E-state index is -1.17. The molecule has 0 unspecified atom stereocenters. The van der Waals surface area contributed by atoms with Crippen LogP contribution >= 0.6 is 0 Å². The third kappa shape index (κ3) is 2.23. The van der Waals surface area contributed by atoms with Crippen LogP contribution in [-0.4, -0.2) is 22.2 Å². The number of hydrogen-bond donors (Lipinski definition) is 2. The van der Waals surface area contributed by atoms with Gasteiger partial charge in [-0.3, -0.25) is 4.79 Å². The van der Waals surface area contributed by atoms with Gasteiger partial charge in [0.25, 0.3) is 0 Å². The number of aryl methyl sites for hydroxylation is 2. The fourth-order valence-electron chi connectivity index (χ4n) is 3.07. The van der Waals surface area contributed by atoms with E-state index in [1.54, 1.807) is 6.07 Å². The highest BCUT2D eigenvalue weighted by molar-refractivity contribution is 5.93. The maximum absolute atomic E-state index is 12.4. The molecule has 0 fully saturated rings. The Bertz CT molecular complexity index is 777. The smallest absolute Gasteiger partial charge is 0.341 e. The topological polar surface area (TPSA) is 71.3 Å². The summed E-state index contributed by atoms with van der Waals surface area (Å²) in [5, 5.41) is 13.1. The van der Waals surface area contributed by atoms with Gasteiger partial charge in [-0.25, -0.2) is 4.79 Å². The molecule has 1 aromatic carbocycles. The zero-order chi connectivity index (χ0) is 15.0. The van der Waals surface area contributed by atoms with Crippen LogP contribution in [0.2, 0.25) is 0 Å². The van der Waals surface area contributed by atoms with Gasteiger partial charge < -0.3 is 15.0 Å². The third-order valence-corrected chi connectivity index (χ3v) is 4.11. The van der Waals surface area contributed by atoms with Crippen LogP contribution in [0.15, 0.2) is 23.1 Å². The fraction of sp³-hybridized carbons (Fsp3) is 0.375. The summed E-state index contributed by atoms with van der Waals surface area (Å²) in [7, 11) is 0. The Hall–Kier alpha value is -2.14. The van der Waals surface area contributed by atoms with Crippen molar-refractivity contribution < 1.29 is 9.90 Å². The summed E-state index contributed by atoms with van der Waals surface area (Å²) in [5.74, 6) is -1.17. The first-order chi connectivity index (χ1) is 10.1. The molecule has 0 bridgehead atoms. The first kappa shape index (κ1) is 13.8. The van der Waals surface area contributed by atoms with E-state index in [1.807, 2.05) is 17.6 Å². The molecule has 0 amide bonds. The van der Waals surface area contributed by atoms with E-state index in [4.69, 9.17) is 0 Å². The average Bonchev–Trinajstić information content (AvgIpc) is 2.72. The minimum Gasteiger partial charge on any atom is -0.477 e. The zero-order valence-corrected chi connectivity index (χ0v) is 12.0. The number of hydrogen-bond acceptors (Lipinski definition) is 3. The second kappa shape index (κ2) is 5.33. The van der Waals surface area contributed by atoms with Crippen LogP contribution in [0.3, 0.4) is 0 Å². The normalized spacial score (nSPS) is 14.7. The summed E-state index contributed by atoms with van der Waals surface area (Å²) < 4.78 is 1.89.